The van der Waals surface area contributed by atoms with Crippen LogP contribution in [0.2, 0.25) is 10.0 Å². The number of piperazine rings is 2. The van der Waals surface area contributed by atoms with E-state index in [1.165, 1.54) is 69.0 Å². The predicted octanol–water partition coefficient (Wildman–Crippen LogP) is 9.13. The summed E-state index contributed by atoms with van der Waals surface area (Å²) in [6.07, 6.45) is -0.977. The van der Waals surface area contributed by atoms with Gasteiger partial charge in [-0.05, 0) is 113 Å². The second-order valence-corrected chi connectivity index (χ2v) is 23.0. The van der Waals surface area contributed by atoms with Gasteiger partial charge in [-0.3, -0.25) is 9.03 Å². The third-order valence-electron chi connectivity index (χ3n) is 10.3. The number of methoxy groups -OCH3 is 2. The summed E-state index contributed by atoms with van der Waals surface area (Å²) in [7, 11) is -5.29. The van der Waals surface area contributed by atoms with Crippen LogP contribution >= 0.6 is 39.1 Å². The average Bonchev–Trinajstić information content (AvgIpc) is 3.34. The fourth-order valence-electron chi connectivity index (χ4n) is 6.60. The van der Waals surface area contributed by atoms with Gasteiger partial charge in [0.2, 0.25) is 0 Å². The number of esters is 2. The van der Waals surface area contributed by atoms with Gasteiger partial charge in [0.1, 0.15) is 22.8 Å². The molecule has 0 radical (unpaired) electrons. The van der Waals surface area contributed by atoms with Gasteiger partial charge in [-0.2, -0.15) is 25.4 Å². The highest BCUT2D eigenvalue weighted by atomic mass is 79.9. The molecule has 0 spiro atoms. The molecule has 25 heteroatoms. The Hall–Kier alpha value is -5.30. The molecule has 18 nitrogen and oxygen atoms in total. The van der Waals surface area contributed by atoms with Crippen LogP contribution in [0.1, 0.15) is 73.4 Å². The van der Waals surface area contributed by atoms with E-state index in [4.69, 9.17) is 37.4 Å². The van der Waals surface area contributed by atoms with Crippen molar-refractivity contribution in [3.05, 3.63) is 129 Å². The lowest BCUT2D eigenvalue weighted by Gasteiger charge is -2.37. The summed E-state index contributed by atoms with van der Waals surface area (Å²) in [5.74, 6) is -2.11. The Morgan fingerprint density at radius 1 is 0.616 bits per heavy atom. The molecule has 0 unspecified atom stereocenters. The first kappa shape index (κ1) is 60.3. The lowest BCUT2D eigenvalue weighted by Crippen LogP contribution is -2.54. The summed E-state index contributed by atoms with van der Waals surface area (Å²) < 4.78 is 105. The summed E-state index contributed by atoms with van der Waals surface area (Å²) in [5, 5.41) is 0.410. The topological polar surface area (TPSA) is 202 Å². The Morgan fingerprint density at radius 3 is 1.42 bits per heavy atom. The predicted molar refractivity (Wildman–Crippen MR) is 277 cm³/mol. The van der Waals surface area contributed by atoms with Gasteiger partial charge in [-0.25, -0.2) is 28.0 Å². The highest BCUT2D eigenvalue weighted by Gasteiger charge is 2.36. The number of anilines is 2. The first-order valence-electron chi connectivity index (χ1n) is 22.4. The van der Waals surface area contributed by atoms with E-state index < -0.39 is 61.4 Å². The maximum absolute atomic E-state index is 13.8. The molecular weight excluding hydrogens is 1110 g/mol. The number of alkyl halides is 1. The van der Waals surface area contributed by atoms with Gasteiger partial charge in [0.15, 0.2) is 0 Å². The van der Waals surface area contributed by atoms with Gasteiger partial charge < -0.3 is 28.7 Å². The molecule has 2 amide bonds. The number of hydrogen-bond donors (Lipinski definition) is 1. The van der Waals surface area contributed by atoms with E-state index in [0.717, 1.165) is 27.3 Å². The number of hydrogen-bond acceptors (Lipinski definition) is 12. The number of ether oxygens (including phenoxy) is 4. The molecule has 2 aliphatic heterocycles. The minimum Gasteiger partial charge on any atom is -0.465 e. The first-order valence-corrected chi connectivity index (χ1v) is 27.1. The highest BCUT2D eigenvalue weighted by Crippen LogP contribution is 2.29. The van der Waals surface area contributed by atoms with E-state index in [1.807, 2.05) is 12.1 Å². The first-order chi connectivity index (χ1) is 34.1. The zero-order valence-electron chi connectivity index (χ0n) is 41.5. The van der Waals surface area contributed by atoms with Crippen molar-refractivity contribution in [2.45, 2.75) is 64.6 Å². The molecule has 0 aliphatic carbocycles. The van der Waals surface area contributed by atoms with E-state index >= 15 is 0 Å². The number of nitrogens with one attached hydrogen (secondary N) is 1. The Balaban J connectivity index is 0.000000268. The van der Waals surface area contributed by atoms with Gasteiger partial charge in [0, 0.05) is 57.7 Å². The van der Waals surface area contributed by atoms with Gasteiger partial charge in [-0.1, -0.05) is 63.4 Å². The highest BCUT2D eigenvalue weighted by molar-refractivity contribution is 9.08. The standard InChI is InChI=1S/C24H29ClFN3O6S.C15H21ClFN3O4S.C9H9BrO2/c1-24(2,3)35-23(31)27-11-13-28(14-12-27)36(32,33)29(19-9-10-21(26)20(25)15-19)16-17-5-7-18(8-6-17)22(30)34-4;1-15(2,3)24-14(21)19-6-8-20(9-7-19)25(22,23)18-11-4-5-13(17)12(16)10-11;1-12-9(11)8-4-2-7(6-10)3-5-8/h5-10,15H,11-14,16H2,1-4H3;4-5,10,18H,6-9H2,1-3H3;2-5H,6H2,1H3. The number of carbonyl (C=O) groups is 4. The monoisotopic (exact) mass is 1160 g/mol. The van der Waals surface area contributed by atoms with Crippen molar-refractivity contribution in [2.24, 2.45) is 0 Å². The molecule has 2 heterocycles. The van der Waals surface area contributed by atoms with E-state index in [-0.39, 0.29) is 86.3 Å². The van der Waals surface area contributed by atoms with E-state index in [2.05, 4.69) is 25.4 Å². The fraction of sp³-hybridized carbons (Fsp3) is 0.417. The maximum Gasteiger partial charge on any atom is 0.410 e. The SMILES string of the molecule is CC(C)(C)OC(=O)N1CCN(S(=O)(=O)Nc2ccc(F)c(Cl)c2)CC1.COC(=O)c1ccc(CBr)cc1.COC(=O)c1ccc(CN(c2ccc(F)c(Cl)c2)S(=O)(=O)N2CCN(C(=O)OC(C)(C)C)CC2)cc1. The molecule has 2 fully saturated rings. The molecule has 0 bridgehead atoms. The molecule has 0 saturated carbocycles. The molecule has 1 N–H and O–H groups in total. The average molecular weight is 1160 g/mol. The van der Waals surface area contributed by atoms with Crippen molar-refractivity contribution in [1.82, 2.24) is 18.4 Å². The second kappa shape index (κ2) is 26.3. The fourth-order valence-corrected chi connectivity index (χ4v) is 10.1. The van der Waals surface area contributed by atoms with Crippen molar-refractivity contribution < 1.29 is 63.7 Å². The number of amides is 2. The summed E-state index contributed by atoms with van der Waals surface area (Å²) in [6, 6.07) is 20.8. The van der Waals surface area contributed by atoms with E-state index in [1.54, 1.807) is 65.8 Å². The number of carbonyl (C=O) groups excluding carboxylic acids is 4. The lowest BCUT2D eigenvalue weighted by molar-refractivity contribution is 0.0183. The van der Waals surface area contributed by atoms with Crippen LogP contribution in [0.3, 0.4) is 0 Å². The van der Waals surface area contributed by atoms with Crippen molar-refractivity contribution in [3.8, 4) is 0 Å². The summed E-state index contributed by atoms with van der Waals surface area (Å²) in [5.41, 5.74) is 1.70. The van der Waals surface area contributed by atoms with Crippen LogP contribution in [0.25, 0.3) is 0 Å². The summed E-state index contributed by atoms with van der Waals surface area (Å²) >= 11 is 14.9. The molecule has 0 atom stereocenters. The molecular formula is C48H59BrCl2F2N6O12S2. The number of halogens is 5. The van der Waals surface area contributed by atoms with Crippen molar-refractivity contribution in [3.63, 3.8) is 0 Å². The summed E-state index contributed by atoms with van der Waals surface area (Å²) in [4.78, 5) is 50.0. The maximum atomic E-state index is 13.8. The van der Waals surface area contributed by atoms with Crippen LogP contribution in [0.15, 0.2) is 84.9 Å². The van der Waals surface area contributed by atoms with Gasteiger partial charge in [-0.15, -0.1) is 0 Å². The molecule has 4 aromatic carbocycles. The Bertz CT molecular complexity index is 2770. The zero-order valence-corrected chi connectivity index (χ0v) is 46.2. The largest absolute Gasteiger partial charge is 0.465 e. The third-order valence-corrected chi connectivity index (χ3v) is 15.0. The lowest BCUT2D eigenvalue weighted by atomic mass is 10.1. The van der Waals surface area contributed by atoms with Gasteiger partial charge in [0.25, 0.3) is 0 Å². The molecule has 2 saturated heterocycles. The Labute approximate surface area is 443 Å². The Morgan fingerprint density at radius 2 is 1.03 bits per heavy atom. The third kappa shape index (κ3) is 18.2. The van der Waals surface area contributed by atoms with Crippen molar-refractivity contribution in [2.75, 3.05) is 75.6 Å². The quantitative estimate of drug-likeness (QED) is 0.0849. The van der Waals surface area contributed by atoms with E-state index in [0.29, 0.717) is 16.7 Å². The molecule has 4 aromatic rings. The van der Waals surface area contributed by atoms with E-state index in [9.17, 15) is 44.8 Å². The Kier molecular flexibility index (Phi) is 21.7. The summed E-state index contributed by atoms with van der Waals surface area (Å²) in [6.45, 7) is 11.6. The molecule has 0 aromatic heterocycles. The smallest absolute Gasteiger partial charge is 0.410 e. The second-order valence-electron chi connectivity index (χ2n) is 18.1. The molecule has 400 valence electrons. The van der Waals surface area contributed by atoms with Crippen LogP contribution < -0.4 is 9.03 Å². The minimum atomic E-state index is -4.11. The van der Waals surface area contributed by atoms with Crippen LogP contribution in [0, 0.1) is 11.6 Å². The van der Waals surface area contributed by atoms with Crippen molar-refractivity contribution in [1.29, 1.82) is 0 Å². The number of nitrogens with zero attached hydrogens (tertiary/aromatic N) is 5. The minimum absolute atomic E-state index is 0.0499. The van der Waals surface area contributed by atoms with Crippen LogP contribution in [-0.4, -0.2) is 137 Å². The normalized spacial score (nSPS) is 14.6. The van der Waals surface area contributed by atoms with Gasteiger partial charge >= 0.3 is 44.5 Å². The molecule has 2 aliphatic rings. The van der Waals surface area contributed by atoms with Crippen LogP contribution in [0.4, 0.5) is 29.7 Å². The molecule has 6 rings (SSSR count). The van der Waals surface area contributed by atoms with Crippen LogP contribution in [0.5, 0.6) is 0 Å². The van der Waals surface area contributed by atoms with Crippen LogP contribution in [-0.2, 0) is 51.2 Å². The zero-order chi connectivity index (χ0) is 54.5. The number of benzene rings is 4. The number of rotatable bonds is 11. The van der Waals surface area contributed by atoms with Gasteiger partial charge in [0.05, 0.1) is 53.3 Å². The van der Waals surface area contributed by atoms with Crippen molar-refractivity contribution >= 4 is 95.1 Å². The molecule has 73 heavy (non-hydrogen) atoms.